The number of hydrogen-bond acceptors (Lipinski definition) is 1. The molecule has 11 aromatic rings. The summed E-state index contributed by atoms with van der Waals surface area (Å²) < 4.78 is 4.61. The Morgan fingerprint density at radius 2 is 0.621 bits per heavy atom. The molecule has 2 aromatic heterocycles. The van der Waals surface area contributed by atoms with Gasteiger partial charge in [-0.05, 0) is 103 Å². The number of nitrogens with zero attached hydrogens (tertiary/aromatic N) is 3. The van der Waals surface area contributed by atoms with Crippen LogP contribution < -0.4 is 0 Å². The Labute approximate surface area is 337 Å². The van der Waals surface area contributed by atoms with Gasteiger partial charge >= 0.3 is 0 Å². The third kappa shape index (κ3) is 5.48. The summed E-state index contributed by atoms with van der Waals surface area (Å²) in [7, 11) is 0. The van der Waals surface area contributed by atoms with Crippen LogP contribution in [0.1, 0.15) is 0 Å². The Morgan fingerprint density at radius 1 is 0.276 bits per heavy atom. The summed E-state index contributed by atoms with van der Waals surface area (Å²) in [5.74, 6) is 0.889. The lowest BCUT2D eigenvalue weighted by Crippen LogP contribution is -2.02. The standard InChI is InChI=1S/C55H37N3/c1-6-21-38(22-7-1)49-50(39-23-8-2-9-24-39)52(41-27-12-4-13-28-41)54(53(42-29-14-5-15-30-42)51(49)40-25-10-3-11-26-40)43-31-20-32-44(37-43)57-47-35-18-19-36-48(47)58-46-34-17-16-33-45(46)56-55(57)58/h1-37H. The van der Waals surface area contributed by atoms with E-state index in [9.17, 15) is 0 Å². The van der Waals surface area contributed by atoms with Crippen LogP contribution in [-0.4, -0.2) is 14.0 Å². The molecule has 2 heterocycles. The van der Waals surface area contributed by atoms with E-state index in [4.69, 9.17) is 4.98 Å². The fraction of sp³-hybridized carbons (Fsp3) is 0. The lowest BCUT2D eigenvalue weighted by atomic mass is 9.74. The Morgan fingerprint density at radius 3 is 1.07 bits per heavy atom. The van der Waals surface area contributed by atoms with Gasteiger partial charge in [0.15, 0.2) is 0 Å². The van der Waals surface area contributed by atoms with Crippen LogP contribution in [0.5, 0.6) is 0 Å². The third-order valence-corrected chi connectivity index (χ3v) is 11.3. The van der Waals surface area contributed by atoms with Gasteiger partial charge in [0.25, 0.3) is 0 Å². The maximum Gasteiger partial charge on any atom is 0.220 e. The molecule has 0 bridgehead atoms. The second-order valence-corrected chi connectivity index (χ2v) is 14.7. The maximum absolute atomic E-state index is 5.24. The Kier molecular flexibility index (Phi) is 8.15. The molecule has 58 heavy (non-hydrogen) atoms. The Bertz CT molecular complexity index is 3130. The summed E-state index contributed by atoms with van der Waals surface area (Å²) in [5, 5.41) is 0. The molecule has 0 spiro atoms. The van der Waals surface area contributed by atoms with E-state index in [0.717, 1.165) is 61.3 Å². The lowest BCUT2D eigenvalue weighted by molar-refractivity contribution is 1.11. The largest absolute Gasteiger partial charge is 0.278 e. The minimum Gasteiger partial charge on any atom is -0.278 e. The van der Waals surface area contributed by atoms with Gasteiger partial charge in [0, 0.05) is 5.69 Å². The molecule has 0 fully saturated rings. The van der Waals surface area contributed by atoms with Crippen molar-refractivity contribution in [2.45, 2.75) is 0 Å². The summed E-state index contributed by atoms with van der Waals surface area (Å²) in [6, 6.07) is 80.8. The zero-order valence-corrected chi connectivity index (χ0v) is 31.7. The van der Waals surface area contributed by atoms with Crippen LogP contribution >= 0.6 is 0 Å². The number of aromatic nitrogens is 3. The molecule has 272 valence electrons. The number of benzene rings is 9. The Balaban J connectivity index is 1.34. The predicted octanol–water partition coefficient (Wildman–Crippen LogP) is 14.4. The average molecular weight is 740 g/mol. The molecule has 0 aliphatic rings. The Hall–Kier alpha value is -7.75. The molecule has 3 heteroatoms. The van der Waals surface area contributed by atoms with Gasteiger partial charge in [0.05, 0.1) is 22.1 Å². The highest BCUT2D eigenvalue weighted by molar-refractivity contribution is 6.15. The van der Waals surface area contributed by atoms with Crippen molar-refractivity contribution in [2.75, 3.05) is 0 Å². The fourth-order valence-corrected chi connectivity index (χ4v) is 8.91. The predicted molar refractivity (Wildman–Crippen MR) is 242 cm³/mol. The lowest BCUT2D eigenvalue weighted by Gasteiger charge is -2.29. The molecule has 0 aliphatic heterocycles. The van der Waals surface area contributed by atoms with Gasteiger partial charge in [-0.15, -0.1) is 0 Å². The summed E-state index contributed by atoms with van der Waals surface area (Å²) in [5.41, 5.74) is 19.4. The number of rotatable bonds is 7. The van der Waals surface area contributed by atoms with E-state index < -0.39 is 0 Å². The topological polar surface area (TPSA) is 22.2 Å². The van der Waals surface area contributed by atoms with E-state index >= 15 is 0 Å². The zero-order valence-electron chi connectivity index (χ0n) is 31.7. The first kappa shape index (κ1) is 33.6. The quantitative estimate of drug-likeness (QED) is 0.160. The SMILES string of the molecule is c1ccc(-c2c(-c3ccccc3)c(-c3ccccc3)c(-c3cccc(-n4c5ccccc5n5c6ccccc6nc45)c3)c(-c3ccccc3)c2-c2ccccc2)cc1. The molecule has 0 radical (unpaired) electrons. The fourth-order valence-electron chi connectivity index (χ4n) is 8.91. The molecule has 9 aromatic carbocycles. The highest BCUT2D eigenvalue weighted by Gasteiger charge is 2.29. The normalized spacial score (nSPS) is 11.4. The summed E-state index contributed by atoms with van der Waals surface area (Å²) in [6.07, 6.45) is 0. The van der Waals surface area contributed by atoms with E-state index in [0.29, 0.717) is 0 Å². The molecule has 0 atom stereocenters. The summed E-state index contributed by atoms with van der Waals surface area (Å²) in [6.45, 7) is 0. The molecule has 0 saturated carbocycles. The number of hydrogen-bond donors (Lipinski definition) is 0. The van der Waals surface area contributed by atoms with Crippen molar-refractivity contribution in [1.82, 2.24) is 14.0 Å². The second kappa shape index (κ2) is 14.1. The van der Waals surface area contributed by atoms with E-state index in [1.807, 2.05) is 0 Å². The first-order chi connectivity index (χ1) is 28.8. The van der Waals surface area contributed by atoms with Crippen LogP contribution in [0, 0.1) is 0 Å². The molecule has 0 amide bonds. The molecular formula is C55H37N3. The van der Waals surface area contributed by atoms with Gasteiger partial charge < -0.3 is 0 Å². The van der Waals surface area contributed by atoms with Crippen molar-refractivity contribution >= 4 is 27.8 Å². The highest BCUT2D eigenvalue weighted by Crippen LogP contribution is 2.56. The minimum atomic E-state index is 0.889. The van der Waals surface area contributed by atoms with Crippen molar-refractivity contribution in [3.8, 4) is 72.4 Å². The van der Waals surface area contributed by atoms with Crippen LogP contribution in [-0.2, 0) is 0 Å². The van der Waals surface area contributed by atoms with Gasteiger partial charge in [0.1, 0.15) is 0 Å². The molecule has 0 aliphatic carbocycles. The first-order valence-corrected chi connectivity index (χ1v) is 19.8. The molecule has 0 N–H and O–H groups in total. The van der Waals surface area contributed by atoms with Crippen LogP contribution in [0.25, 0.3) is 100 Å². The van der Waals surface area contributed by atoms with Crippen LogP contribution in [0.15, 0.2) is 224 Å². The van der Waals surface area contributed by atoms with Crippen LogP contribution in [0.4, 0.5) is 0 Å². The van der Waals surface area contributed by atoms with E-state index in [2.05, 4.69) is 233 Å². The van der Waals surface area contributed by atoms with E-state index in [1.54, 1.807) is 0 Å². The van der Waals surface area contributed by atoms with Gasteiger partial charge in [-0.1, -0.05) is 188 Å². The van der Waals surface area contributed by atoms with Crippen molar-refractivity contribution in [3.05, 3.63) is 224 Å². The highest BCUT2D eigenvalue weighted by atomic mass is 15.2. The third-order valence-electron chi connectivity index (χ3n) is 11.3. The summed E-state index contributed by atoms with van der Waals surface area (Å²) >= 11 is 0. The number of fused-ring (bicyclic) bond motifs is 5. The van der Waals surface area contributed by atoms with E-state index in [-0.39, 0.29) is 0 Å². The molecule has 3 nitrogen and oxygen atoms in total. The van der Waals surface area contributed by atoms with Gasteiger partial charge in [0.2, 0.25) is 5.78 Å². The first-order valence-electron chi connectivity index (χ1n) is 19.8. The number of imidazole rings is 2. The molecule has 0 saturated heterocycles. The van der Waals surface area contributed by atoms with Crippen LogP contribution in [0.2, 0.25) is 0 Å². The van der Waals surface area contributed by atoms with Gasteiger partial charge in [-0.25, -0.2) is 4.98 Å². The molecule has 11 rings (SSSR count). The van der Waals surface area contributed by atoms with Crippen LogP contribution in [0.3, 0.4) is 0 Å². The smallest absolute Gasteiger partial charge is 0.220 e. The van der Waals surface area contributed by atoms with Crippen molar-refractivity contribution in [3.63, 3.8) is 0 Å². The molecular weight excluding hydrogens is 703 g/mol. The minimum absolute atomic E-state index is 0.889. The summed E-state index contributed by atoms with van der Waals surface area (Å²) in [4.78, 5) is 5.24. The average Bonchev–Trinajstić information content (AvgIpc) is 3.84. The second-order valence-electron chi connectivity index (χ2n) is 14.7. The maximum atomic E-state index is 5.24. The van der Waals surface area contributed by atoms with Gasteiger partial charge in [-0.2, -0.15) is 0 Å². The van der Waals surface area contributed by atoms with Crippen molar-refractivity contribution < 1.29 is 0 Å². The van der Waals surface area contributed by atoms with Crippen molar-refractivity contribution in [2.24, 2.45) is 0 Å². The van der Waals surface area contributed by atoms with Crippen molar-refractivity contribution in [1.29, 1.82) is 0 Å². The van der Waals surface area contributed by atoms with Gasteiger partial charge in [-0.3, -0.25) is 8.97 Å². The van der Waals surface area contributed by atoms with E-state index in [1.165, 1.54) is 38.9 Å². The number of para-hydroxylation sites is 4. The zero-order chi connectivity index (χ0) is 38.4. The monoisotopic (exact) mass is 739 g/mol. The molecule has 0 unspecified atom stereocenters.